The lowest BCUT2D eigenvalue weighted by Crippen LogP contribution is -2.30. The van der Waals surface area contributed by atoms with Crippen molar-refractivity contribution in [2.75, 3.05) is 5.75 Å². The molecule has 0 saturated carbocycles. The van der Waals surface area contributed by atoms with Gasteiger partial charge in [0.1, 0.15) is 5.75 Å². The minimum absolute atomic E-state index is 0.0137. The Balaban J connectivity index is 1.92. The van der Waals surface area contributed by atoms with Gasteiger partial charge in [-0.3, -0.25) is 9.00 Å². The van der Waals surface area contributed by atoms with Crippen LogP contribution in [0.5, 0.6) is 0 Å². The molecule has 2 atom stereocenters. The molecule has 4 heteroatoms. The molecule has 0 aromatic heterocycles. The average molecular weight is 301 g/mol. The highest BCUT2D eigenvalue weighted by Gasteiger charge is 2.13. The summed E-state index contributed by atoms with van der Waals surface area (Å²) >= 11 is 0. The molecule has 0 heterocycles. The van der Waals surface area contributed by atoms with E-state index in [-0.39, 0.29) is 17.7 Å². The van der Waals surface area contributed by atoms with Crippen molar-refractivity contribution in [1.29, 1.82) is 0 Å². The van der Waals surface area contributed by atoms with Crippen LogP contribution in [-0.2, 0) is 15.6 Å². The fraction of sp³-hybridized carbons (Fsp3) is 0.235. The Hall–Kier alpha value is -1.94. The van der Waals surface area contributed by atoms with Crippen molar-refractivity contribution >= 4 is 16.7 Å². The molecule has 0 bridgehead atoms. The molecule has 0 radical (unpaired) electrons. The number of rotatable bonds is 5. The highest BCUT2D eigenvalue weighted by Crippen LogP contribution is 2.12. The molecule has 0 aliphatic heterocycles. The third-order valence-electron chi connectivity index (χ3n) is 3.22. The average Bonchev–Trinajstić information content (AvgIpc) is 2.48. The molecule has 0 aliphatic carbocycles. The van der Waals surface area contributed by atoms with Crippen LogP contribution in [0.4, 0.5) is 0 Å². The van der Waals surface area contributed by atoms with Crippen molar-refractivity contribution in [1.82, 2.24) is 5.32 Å². The SMILES string of the molecule is Cc1ccc([S@](=O)CC(=O)N[C@@H](C)c2ccccc2)cc1. The summed E-state index contributed by atoms with van der Waals surface area (Å²) in [5.41, 5.74) is 2.14. The highest BCUT2D eigenvalue weighted by molar-refractivity contribution is 7.85. The molecular weight excluding hydrogens is 282 g/mol. The Morgan fingerprint density at radius 2 is 1.71 bits per heavy atom. The molecule has 1 N–H and O–H groups in total. The topological polar surface area (TPSA) is 46.2 Å². The van der Waals surface area contributed by atoms with Crippen LogP contribution in [0.15, 0.2) is 59.5 Å². The largest absolute Gasteiger partial charge is 0.349 e. The van der Waals surface area contributed by atoms with E-state index in [1.165, 1.54) is 0 Å². The number of hydrogen-bond donors (Lipinski definition) is 1. The summed E-state index contributed by atoms with van der Waals surface area (Å²) in [4.78, 5) is 12.7. The quantitative estimate of drug-likeness (QED) is 0.923. The third-order valence-corrected chi connectivity index (χ3v) is 4.55. The van der Waals surface area contributed by atoms with Crippen LogP contribution < -0.4 is 5.32 Å². The van der Waals surface area contributed by atoms with Crippen LogP contribution in [0.2, 0.25) is 0 Å². The zero-order valence-corrected chi connectivity index (χ0v) is 13.0. The lowest BCUT2D eigenvalue weighted by molar-refractivity contribution is -0.119. The Labute approximate surface area is 127 Å². The van der Waals surface area contributed by atoms with E-state index in [0.717, 1.165) is 11.1 Å². The van der Waals surface area contributed by atoms with Gasteiger partial charge < -0.3 is 5.32 Å². The van der Waals surface area contributed by atoms with Gasteiger partial charge in [-0.2, -0.15) is 0 Å². The first-order valence-electron chi connectivity index (χ1n) is 6.85. The molecule has 0 spiro atoms. The molecule has 21 heavy (non-hydrogen) atoms. The minimum Gasteiger partial charge on any atom is -0.349 e. The third kappa shape index (κ3) is 4.53. The summed E-state index contributed by atoms with van der Waals surface area (Å²) < 4.78 is 12.1. The van der Waals surface area contributed by atoms with Gasteiger partial charge in [0.15, 0.2) is 0 Å². The lowest BCUT2D eigenvalue weighted by atomic mass is 10.1. The standard InChI is InChI=1S/C17H19NO2S/c1-13-8-10-16(11-9-13)21(20)12-17(19)18-14(2)15-6-4-3-5-7-15/h3-11,14H,12H2,1-2H3,(H,18,19)/t14-,21+/m0/s1. The summed E-state index contributed by atoms with van der Waals surface area (Å²) in [5.74, 6) is -0.217. The fourth-order valence-corrected chi connectivity index (χ4v) is 2.93. The number of carbonyl (C=O) groups excluding carboxylic acids is 1. The molecular formula is C17H19NO2S. The van der Waals surface area contributed by atoms with Crippen LogP contribution in [0.25, 0.3) is 0 Å². The van der Waals surface area contributed by atoms with Crippen molar-refractivity contribution in [3.8, 4) is 0 Å². The Morgan fingerprint density at radius 3 is 2.33 bits per heavy atom. The van der Waals surface area contributed by atoms with Gasteiger partial charge in [-0.05, 0) is 31.5 Å². The Bertz CT molecular complexity index is 623. The molecule has 2 aromatic carbocycles. The molecule has 2 rings (SSSR count). The van der Waals surface area contributed by atoms with E-state index in [0.29, 0.717) is 4.90 Å². The molecule has 0 saturated heterocycles. The number of nitrogens with one attached hydrogen (secondary N) is 1. The second kappa shape index (κ2) is 7.18. The van der Waals surface area contributed by atoms with Crippen LogP contribution >= 0.6 is 0 Å². The van der Waals surface area contributed by atoms with E-state index in [9.17, 15) is 9.00 Å². The van der Waals surface area contributed by atoms with E-state index in [2.05, 4.69) is 5.32 Å². The zero-order chi connectivity index (χ0) is 15.2. The van der Waals surface area contributed by atoms with Gasteiger partial charge in [-0.15, -0.1) is 0 Å². The van der Waals surface area contributed by atoms with E-state index in [1.807, 2.05) is 56.3 Å². The number of carbonyl (C=O) groups is 1. The van der Waals surface area contributed by atoms with Gasteiger partial charge >= 0.3 is 0 Å². The van der Waals surface area contributed by atoms with E-state index >= 15 is 0 Å². The molecule has 110 valence electrons. The summed E-state index contributed by atoms with van der Waals surface area (Å²) in [6.45, 7) is 3.89. The predicted octanol–water partition coefficient (Wildman–Crippen LogP) is 2.98. The van der Waals surface area contributed by atoms with Crippen LogP contribution in [0, 0.1) is 6.92 Å². The number of amides is 1. The number of benzene rings is 2. The van der Waals surface area contributed by atoms with Gasteiger partial charge in [0.2, 0.25) is 5.91 Å². The van der Waals surface area contributed by atoms with Crippen LogP contribution in [0.3, 0.4) is 0 Å². The van der Waals surface area contributed by atoms with E-state index < -0.39 is 10.8 Å². The summed E-state index contributed by atoms with van der Waals surface area (Å²) in [7, 11) is -1.31. The molecule has 3 nitrogen and oxygen atoms in total. The van der Waals surface area contributed by atoms with Crippen molar-refractivity contribution in [2.45, 2.75) is 24.8 Å². The maximum atomic E-state index is 12.1. The van der Waals surface area contributed by atoms with Crippen molar-refractivity contribution < 1.29 is 9.00 Å². The van der Waals surface area contributed by atoms with Gasteiger partial charge in [-0.25, -0.2) is 0 Å². The lowest BCUT2D eigenvalue weighted by Gasteiger charge is -2.14. The predicted molar refractivity (Wildman–Crippen MR) is 85.5 cm³/mol. The van der Waals surface area contributed by atoms with Crippen molar-refractivity contribution in [3.63, 3.8) is 0 Å². The number of hydrogen-bond acceptors (Lipinski definition) is 2. The first-order valence-corrected chi connectivity index (χ1v) is 8.17. The zero-order valence-electron chi connectivity index (χ0n) is 12.2. The Kier molecular flexibility index (Phi) is 5.28. The second-order valence-corrected chi connectivity index (χ2v) is 6.45. The van der Waals surface area contributed by atoms with Crippen molar-refractivity contribution in [2.24, 2.45) is 0 Å². The first kappa shape index (κ1) is 15.4. The van der Waals surface area contributed by atoms with Gasteiger partial charge in [0.25, 0.3) is 0 Å². The van der Waals surface area contributed by atoms with Gasteiger partial charge in [0.05, 0.1) is 16.8 Å². The molecule has 0 unspecified atom stereocenters. The maximum absolute atomic E-state index is 12.1. The minimum atomic E-state index is -1.31. The fourth-order valence-electron chi connectivity index (χ4n) is 2.00. The Morgan fingerprint density at radius 1 is 1.10 bits per heavy atom. The molecule has 1 amide bonds. The van der Waals surface area contributed by atoms with Crippen LogP contribution in [-0.4, -0.2) is 15.9 Å². The normalized spacial score (nSPS) is 13.4. The molecule has 0 aliphatic rings. The van der Waals surface area contributed by atoms with E-state index in [1.54, 1.807) is 12.1 Å². The van der Waals surface area contributed by atoms with Gasteiger partial charge in [-0.1, -0.05) is 48.0 Å². The second-order valence-electron chi connectivity index (χ2n) is 5.00. The summed E-state index contributed by atoms with van der Waals surface area (Å²) in [6, 6.07) is 17.0. The van der Waals surface area contributed by atoms with Gasteiger partial charge in [0, 0.05) is 4.90 Å². The summed E-state index contributed by atoms with van der Waals surface area (Å²) in [5, 5.41) is 2.88. The molecule has 2 aromatic rings. The van der Waals surface area contributed by atoms with E-state index in [4.69, 9.17) is 0 Å². The summed E-state index contributed by atoms with van der Waals surface area (Å²) in [6.07, 6.45) is 0. The number of aryl methyl sites for hydroxylation is 1. The smallest absolute Gasteiger partial charge is 0.233 e. The monoisotopic (exact) mass is 301 g/mol. The van der Waals surface area contributed by atoms with Crippen molar-refractivity contribution in [3.05, 3.63) is 65.7 Å². The van der Waals surface area contributed by atoms with Crippen LogP contribution in [0.1, 0.15) is 24.1 Å². The highest BCUT2D eigenvalue weighted by atomic mass is 32.2. The molecule has 0 fully saturated rings. The first-order chi connectivity index (χ1) is 10.1. The maximum Gasteiger partial charge on any atom is 0.233 e.